The number of aromatic carboxylic acids is 4. The number of hydrogen-bond acceptors (Lipinski definition) is 8. The zero-order valence-electron chi connectivity index (χ0n) is 16.0. The molecule has 14 heteroatoms. The molecule has 0 radical (unpaired) electrons. The van der Waals surface area contributed by atoms with E-state index in [2.05, 4.69) is 21.7 Å². The summed E-state index contributed by atoms with van der Waals surface area (Å²) in [6.45, 7) is 2.19. The Hall–Kier alpha value is -3.78. The quantitative estimate of drug-likeness (QED) is 0.210. The Balaban J connectivity index is 0.000000428. The predicted octanol–water partition coefficient (Wildman–Crippen LogP) is -4.03. The highest BCUT2D eigenvalue weighted by Gasteiger charge is 2.08. The van der Waals surface area contributed by atoms with Crippen molar-refractivity contribution in [2.75, 3.05) is 13.1 Å². The van der Waals surface area contributed by atoms with Crippen LogP contribution >= 0.6 is 0 Å². The lowest BCUT2D eigenvalue weighted by Gasteiger charge is -1.91. The number of carboxylic acids is 4. The van der Waals surface area contributed by atoms with Crippen molar-refractivity contribution in [1.82, 2.24) is 20.4 Å². The van der Waals surface area contributed by atoms with Crippen molar-refractivity contribution in [2.24, 2.45) is 0 Å². The van der Waals surface area contributed by atoms with Gasteiger partial charge in [0.05, 0.1) is 36.4 Å². The van der Waals surface area contributed by atoms with Crippen LogP contribution < -0.4 is 21.7 Å². The number of carbonyl (C=O) groups is 4. The van der Waals surface area contributed by atoms with Gasteiger partial charge < -0.3 is 41.5 Å². The largest absolute Gasteiger partial charge is 0.543 e. The maximum absolute atomic E-state index is 10.1. The normalized spacial score (nSPS) is 9.53. The highest BCUT2D eigenvalue weighted by molar-refractivity contribution is 5.90. The number of hydrogen-bond donors (Lipinski definition) is 6. The third-order valence-corrected chi connectivity index (χ3v) is 3.28. The summed E-state index contributed by atoms with van der Waals surface area (Å²) in [5.74, 6) is -5.53. The summed E-state index contributed by atoms with van der Waals surface area (Å²) in [5, 5.41) is 47.1. The van der Waals surface area contributed by atoms with Crippen molar-refractivity contribution in [3.05, 3.63) is 34.9 Å². The van der Waals surface area contributed by atoms with Gasteiger partial charge >= 0.3 is 11.9 Å². The number of quaternary nitrogens is 2. The van der Waals surface area contributed by atoms with Gasteiger partial charge in [-0.05, 0) is 37.8 Å². The minimum atomic E-state index is -1.48. The van der Waals surface area contributed by atoms with Gasteiger partial charge in [-0.25, -0.2) is 9.59 Å². The van der Waals surface area contributed by atoms with E-state index >= 15 is 0 Å². The first-order valence-electron chi connectivity index (χ1n) is 8.72. The fraction of sp³-hybridized carbons (Fsp3) is 0.375. The van der Waals surface area contributed by atoms with Crippen molar-refractivity contribution in [2.45, 2.75) is 25.7 Å². The van der Waals surface area contributed by atoms with Crippen molar-refractivity contribution >= 4 is 23.9 Å². The number of nitrogens with one attached hydrogen (secondary N) is 2. The fourth-order valence-corrected chi connectivity index (χ4v) is 1.78. The molecule has 0 bridgehead atoms. The molecule has 0 saturated carbocycles. The number of carboxylic acid groups (broad SMARTS) is 4. The fourth-order valence-electron chi connectivity index (χ4n) is 1.78. The summed E-state index contributed by atoms with van der Waals surface area (Å²) >= 11 is 0. The zero-order valence-corrected chi connectivity index (χ0v) is 16.0. The number of aromatic nitrogens is 4. The van der Waals surface area contributed by atoms with E-state index in [1.165, 1.54) is 25.7 Å². The van der Waals surface area contributed by atoms with Gasteiger partial charge in [0, 0.05) is 0 Å². The molecule has 0 atom stereocenters. The van der Waals surface area contributed by atoms with E-state index in [-0.39, 0.29) is 22.8 Å². The van der Waals surface area contributed by atoms with E-state index < -0.39 is 23.9 Å². The number of unbranched alkanes of at least 4 members (excludes halogenated alkanes) is 3. The highest BCUT2D eigenvalue weighted by atomic mass is 16.4. The molecule has 0 aliphatic heterocycles. The Labute approximate surface area is 169 Å². The van der Waals surface area contributed by atoms with Crippen molar-refractivity contribution in [3.8, 4) is 0 Å². The molecule has 2 rings (SSSR count). The van der Waals surface area contributed by atoms with Crippen LogP contribution in [0.3, 0.4) is 0 Å². The molecule has 14 nitrogen and oxygen atoms in total. The molecule has 0 aromatic carbocycles. The summed E-state index contributed by atoms with van der Waals surface area (Å²) in [7, 11) is 0. The van der Waals surface area contributed by atoms with Crippen LogP contribution in [0.2, 0.25) is 0 Å². The molecule has 0 saturated heterocycles. The molecule has 0 aliphatic rings. The van der Waals surface area contributed by atoms with Gasteiger partial charge in [0.1, 0.15) is 0 Å². The maximum Gasteiger partial charge on any atom is 0.356 e. The van der Waals surface area contributed by atoms with Crippen LogP contribution in [0.25, 0.3) is 0 Å². The molecule has 2 heterocycles. The smallest absolute Gasteiger partial charge is 0.356 e. The number of rotatable bonds is 9. The van der Waals surface area contributed by atoms with Crippen LogP contribution in [0.1, 0.15) is 67.6 Å². The topological polar surface area (TPSA) is 267 Å². The van der Waals surface area contributed by atoms with Gasteiger partial charge in [-0.1, -0.05) is 0 Å². The Morgan fingerprint density at radius 1 is 0.767 bits per heavy atom. The average Bonchev–Trinajstić information content (AvgIpc) is 3.36. The van der Waals surface area contributed by atoms with Gasteiger partial charge in [0.2, 0.25) is 0 Å². The minimum absolute atomic E-state index is 0.343. The van der Waals surface area contributed by atoms with E-state index in [0.29, 0.717) is 0 Å². The van der Waals surface area contributed by atoms with Gasteiger partial charge in [0.15, 0.2) is 11.4 Å². The van der Waals surface area contributed by atoms with Gasteiger partial charge in [-0.15, -0.1) is 0 Å². The molecule has 10 N–H and O–H groups in total. The van der Waals surface area contributed by atoms with Crippen LogP contribution in [-0.2, 0) is 0 Å². The van der Waals surface area contributed by atoms with Gasteiger partial charge in [-0.3, -0.25) is 10.2 Å². The summed E-state index contributed by atoms with van der Waals surface area (Å²) < 4.78 is 0. The number of carbonyl (C=O) groups excluding carboxylic acids is 2. The van der Waals surface area contributed by atoms with E-state index in [1.54, 1.807) is 0 Å². The molecule has 2 aromatic rings. The molecular formula is C16H24N6O8. The molecule has 0 unspecified atom stereocenters. The molecule has 0 spiro atoms. The molecule has 30 heavy (non-hydrogen) atoms. The Morgan fingerprint density at radius 3 is 1.27 bits per heavy atom. The third kappa shape index (κ3) is 10.5. The summed E-state index contributed by atoms with van der Waals surface area (Å²) in [6, 6.07) is 1.77. The second kappa shape index (κ2) is 14.3. The molecule has 166 valence electrons. The van der Waals surface area contributed by atoms with Crippen LogP contribution in [-0.4, -0.2) is 67.6 Å². The SMILES string of the molecule is O=C(O)c1cc(C(=O)[O-])[nH]n1.O=C(O)c1cc(C(=O)[O-])[nH]n1.[NH3+]CCCCCC[NH3+]. The standard InChI is InChI=1S/C6H16N2.2C5H4N2O4/c7-5-3-1-2-4-6-8;2*8-4(9)2-1-3(5(10)11)7-6-2/h1-8H2;2*1H,(H,6,7)(H,8,9)(H,10,11). The van der Waals surface area contributed by atoms with E-state index in [9.17, 15) is 29.4 Å². The maximum atomic E-state index is 10.1. The summed E-state index contributed by atoms with van der Waals surface area (Å²) in [4.78, 5) is 40.4. The lowest BCUT2D eigenvalue weighted by atomic mass is 10.2. The summed E-state index contributed by atoms with van der Waals surface area (Å²) in [5.41, 5.74) is 6.16. The molecular weight excluding hydrogens is 404 g/mol. The first kappa shape index (κ1) is 26.2. The minimum Gasteiger partial charge on any atom is -0.543 e. The van der Waals surface area contributed by atoms with Gasteiger partial charge in [0.25, 0.3) is 0 Å². The molecule has 0 fully saturated rings. The van der Waals surface area contributed by atoms with Crippen molar-refractivity contribution in [3.63, 3.8) is 0 Å². The number of H-pyrrole nitrogens is 2. The van der Waals surface area contributed by atoms with Gasteiger partial charge in [-0.2, -0.15) is 10.2 Å². The molecule has 0 aliphatic carbocycles. The second-order valence-electron chi connectivity index (χ2n) is 5.64. The van der Waals surface area contributed by atoms with E-state index in [0.717, 1.165) is 25.2 Å². The lowest BCUT2D eigenvalue weighted by Crippen LogP contribution is -2.50. The number of aromatic amines is 2. The predicted molar refractivity (Wildman–Crippen MR) is 93.7 cm³/mol. The van der Waals surface area contributed by atoms with E-state index in [4.69, 9.17) is 10.2 Å². The first-order chi connectivity index (χ1) is 14.1. The van der Waals surface area contributed by atoms with Crippen molar-refractivity contribution < 1.29 is 51.1 Å². The zero-order chi connectivity index (χ0) is 23.1. The third-order valence-electron chi connectivity index (χ3n) is 3.28. The molecule has 0 amide bonds. The Bertz CT molecular complexity index is 706. The van der Waals surface area contributed by atoms with Crippen LogP contribution in [0.5, 0.6) is 0 Å². The Morgan fingerprint density at radius 2 is 1.10 bits per heavy atom. The van der Waals surface area contributed by atoms with Crippen LogP contribution in [0.4, 0.5) is 0 Å². The Kier molecular flexibility index (Phi) is 12.5. The average molecular weight is 428 g/mol. The highest BCUT2D eigenvalue weighted by Crippen LogP contribution is 1.98. The number of nitrogens with zero attached hydrogens (tertiary/aromatic N) is 2. The summed E-state index contributed by atoms with van der Waals surface area (Å²) in [6.07, 6.45) is 5.28. The van der Waals surface area contributed by atoms with E-state index in [1.807, 2.05) is 10.2 Å². The monoisotopic (exact) mass is 428 g/mol. The lowest BCUT2D eigenvalue weighted by molar-refractivity contribution is -0.371. The van der Waals surface area contributed by atoms with Crippen LogP contribution in [0, 0.1) is 0 Å². The van der Waals surface area contributed by atoms with Crippen molar-refractivity contribution in [1.29, 1.82) is 0 Å². The molecule has 2 aromatic heterocycles. The van der Waals surface area contributed by atoms with Crippen LogP contribution in [0.15, 0.2) is 12.1 Å². The second-order valence-corrected chi connectivity index (χ2v) is 5.64. The first-order valence-corrected chi connectivity index (χ1v) is 8.72.